The quantitative estimate of drug-likeness (QED) is 0.841. The first-order valence-corrected chi connectivity index (χ1v) is 5.33. The summed E-state index contributed by atoms with van der Waals surface area (Å²) < 4.78 is 1.71. The van der Waals surface area contributed by atoms with Crippen LogP contribution in [0, 0.1) is 0 Å². The first-order chi connectivity index (χ1) is 8.59. The van der Waals surface area contributed by atoms with Crippen LogP contribution in [0.5, 0.6) is 0 Å². The van der Waals surface area contributed by atoms with Crippen LogP contribution in [-0.4, -0.2) is 44.4 Å². The van der Waals surface area contributed by atoms with Gasteiger partial charge in [0.15, 0.2) is 5.82 Å². The second kappa shape index (κ2) is 4.82. The van der Waals surface area contributed by atoms with Gasteiger partial charge in [-0.3, -0.25) is 14.3 Å². The van der Waals surface area contributed by atoms with Gasteiger partial charge in [0.05, 0.1) is 0 Å². The molecule has 2 heterocycles. The smallest absolute Gasteiger partial charge is 0.323 e. The molecule has 7 heteroatoms. The molecular formula is C11H13N5O2. The van der Waals surface area contributed by atoms with E-state index in [1.807, 2.05) is 18.2 Å². The van der Waals surface area contributed by atoms with Crippen LogP contribution in [0.1, 0.15) is 0 Å². The van der Waals surface area contributed by atoms with E-state index in [4.69, 9.17) is 5.11 Å². The monoisotopic (exact) mass is 247 g/mol. The number of hydrogen-bond donors (Lipinski definition) is 1. The lowest BCUT2D eigenvalue weighted by atomic mass is 10.3. The molecule has 0 unspecified atom stereocenters. The van der Waals surface area contributed by atoms with Crippen molar-refractivity contribution in [2.24, 2.45) is 7.05 Å². The SMILES string of the molecule is CN(CC(=O)O)c1nnc(-c2ccccn2)n1C. The van der Waals surface area contributed by atoms with Crippen molar-refractivity contribution in [2.45, 2.75) is 0 Å². The van der Waals surface area contributed by atoms with E-state index in [2.05, 4.69) is 15.2 Å². The molecule has 0 amide bonds. The number of aromatic nitrogens is 4. The molecule has 1 N–H and O–H groups in total. The Morgan fingerprint density at radius 1 is 1.44 bits per heavy atom. The number of carboxylic acid groups (broad SMARTS) is 1. The predicted octanol–water partition coefficient (Wildman–Crippen LogP) is 0.398. The molecule has 0 saturated carbocycles. The van der Waals surface area contributed by atoms with Crippen LogP contribution in [0.2, 0.25) is 0 Å². The van der Waals surface area contributed by atoms with Crippen LogP contribution in [0.25, 0.3) is 11.5 Å². The van der Waals surface area contributed by atoms with Gasteiger partial charge >= 0.3 is 5.97 Å². The fourth-order valence-corrected chi connectivity index (χ4v) is 1.65. The Bertz CT molecular complexity index is 552. The van der Waals surface area contributed by atoms with Crippen LogP contribution < -0.4 is 4.90 Å². The summed E-state index contributed by atoms with van der Waals surface area (Å²) in [6.45, 7) is -0.131. The number of rotatable bonds is 4. The summed E-state index contributed by atoms with van der Waals surface area (Å²) in [6.07, 6.45) is 1.67. The highest BCUT2D eigenvalue weighted by atomic mass is 16.4. The molecule has 2 aromatic heterocycles. The van der Waals surface area contributed by atoms with Crippen LogP contribution in [-0.2, 0) is 11.8 Å². The highest BCUT2D eigenvalue weighted by molar-refractivity contribution is 5.72. The number of carbonyl (C=O) groups is 1. The topological polar surface area (TPSA) is 84.1 Å². The zero-order valence-corrected chi connectivity index (χ0v) is 10.1. The third-order valence-corrected chi connectivity index (χ3v) is 2.46. The second-order valence-electron chi connectivity index (χ2n) is 3.85. The van der Waals surface area contributed by atoms with Crippen molar-refractivity contribution in [1.29, 1.82) is 0 Å². The zero-order chi connectivity index (χ0) is 13.1. The van der Waals surface area contributed by atoms with Gasteiger partial charge in [-0.25, -0.2) is 0 Å². The van der Waals surface area contributed by atoms with Gasteiger partial charge in [0.25, 0.3) is 0 Å². The highest BCUT2D eigenvalue weighted by Gasteiger charge is 2.16. The number of carboxylic acids is 1. The van der Waals surface area contributed by atoms with Crippen molar-refractivity contribution in [2.75, 3.05) is 18.5 Å². The molecule has 0 radical (unpaired) electrons. The third-order valence-electron chi connectivity index (χ3n) is 2.46. The maximum Gasteiger partial charge on any atom is 0.323 e. The highest BCUT2D eigenvalue weighted by Crippen LogP contribution is 2.18. The Kier molecular flexibility index (Phi) is 3.22. The molecule has 2 rings (SSSR count). The van der Waals surface area contributed by atoms with Gasteiger partial charge in [-0.05, 0) is 12.1 Å². The first kappa shape index (κ1) is 12.0. The molecule has 0 bridgehead atoms. The first-order valence-electron chi connectivity index (χ1n) is 5.33. The van der Waals surface area contributed by atoms with Crippen LogP contribution in [0.4, 0.5) is 5.95 Å². The Labute approximate surface area is 104 Å². The van der Waals surface area contributed by atoms with Gasteiger partial charge in [-0.15, -0.1) is 10.2 Å². The average molecular weight is 247 g/mol. The normalized spacial score (nSPS) is 10.3. The number of aliphatic carboxylic acids is 1. The van der Waals surface area contributed by atoms with E-state index in [1.165, 1.54) is 4.90 Å². The van der Waals surface area contributed by atoms with Gasteiger partial charge < -0.3 is 10.0 Å². The van der Waals surface area contributed by atoms with Crippen molar-refractivity contribution in [3.8, 4) is 11.5 Å². The van der Waals surface area contributed by atoms with Crippen molar-refractivity contribution in [3.05, 3.63) is 24.4 Å². The summed E-state index contributed by atoms with van der Waals surface area (Å²) in [6, 6.07) is 5.50. The Morgan fingerprint density at radius 2 is 2.22 bits per heavy atom. The summed E-state index contributed by atoms with van der Waals surface area (Å²) in [7, 11) is 3.43. The molecule has 0 atom stereocenters. The van der Waals surface area contributed by atoms with Gasteiger partial charge in [0, 0.05) is 20.3 Å². The maximum absolute atomic E-state index is 10.7. The van der Waals surface area contributed by atoms with Crippen molar-refractivity contribution in [3.63, 3.8) is 0 Å². The average Bonchev–Trinajstić information content (AvgIpc) is 2.71. The van der Waals surface area contributed by atoms with Crippen molar-refractivity contribution < 1.29 is 9.90 Å². The number of likely N-dealkylation sites (N-methyl/N-ethyl adjacent to an activating group) is 1. The Balaban J connectivity index is 2.32. The lowest BCUT2D eigenvalue weighted by Crippen LogP contribution is -2.27. The molecule has 0 saturated heterocycles. The summed E-state index contributed by atoms with van der Waals surface area (Å²) in [5, 5.41) is 16.8. The van der Waals surface area contributed by atoms with Crippen LogP contribution in [0.3, 0.4) is 0 Å². The van der Waals surface area contributed by atoms with E-state index in [0.717, 1.165) is 0 Å². The summed E-state index contributed by atoms with van der Waals surface area (Å²) in [5.41, 5.74) is 0.697. The fraction of sp³-hybridized carbons (Fsp3) is 0.273. The fourth-order valence-electron chi connectivity index (χ4n) is 1.65. The molecule has 94 valence electrons. The van der Waals surface area contributed by atoms with E-state index in [0.29, 0.717) is 17.5 Å². The van der Waals surface area contributed by atoms with Crippen molar-refractivity contribution >= 4 is 11.9 Å². The predicted molar refractivity (Wildman–Crippen MR) is 65.1 cm³/mol. The molecule has 0 aliphatic heterocycles. The third kappa shape index (κ3) is 2.29. The molecule has 0 spiro atoms. The summed E-state index contributed by atoms with van der Waals surface area (Å²) in [4.78, 5) is 16.4. The summed E-state index contributed by atoms with van der Waals surface area (Å²) in [5.74, 6) is 0.167. The van der Waals surface area contributed by atoms with E-state index in [9.17, 15) is 4.79 Å². The Hall–Kier alpha value is -2.44. The van der Waals surface area contributed by atoms with Gasteiger partial charge in [0.2, 0.25) is 5.95 Å². The number of hydrogen-bond acceptors (Lipinski definition) is 5. The van der Waals surface area contributed by atoms with E-state index in [-0.39, 0.29) is 6.54 Å². The van der Waals surface area contributed by atoms with Crippen LogP contribution in [0.15, 0.2) is 24.4 Å². The minimum absolute atomic E-state index is 0.131. The number of pyridine rings is 1. The van der Waals surface area contributed by atoms with E-state index >= 15 is 0 Å². The van der Waals surface area contributed by atoms with Crippen molar-refractivity contribution in [1.82, 2.24) is 19.7 Å². The molecule has 7 nitrogen and oxygen atoms in total. The molecule has 2 aromatic rings. The van der Waals surface area contributed by atoms with Gasteiger partial charge in [-0.1, -0.05) is 6.07 Å². The zero-order valence-electron chi connectivity index (χ0n) is 10.1. The molecular weight excluding hydrogens is 234 g/mol. The minimum atomic E-state index is -0.917. The Morgan fingerprint density at radius 3 is 2.83 bits per heavy atom. The largest absolute Gasteiger partial charge is 0.480 e. The van der Waals surface area contributed by atoms with Gasteiger partial charge in [0.1, 0.15) is 12.2 Å². The summed E-state index contributed by atoms with van der Waals surface area (Å²) >= 11 is 0. The maximum atomic E-state index is 10.7. The molecule has 0 aliphatic rings. The van der Waals surface area contributed by atoms with Gasteiger partial charge in [-0.2, -0.15) is 0 Å². The minimum Gasteiger partial charge on any atom is -0.480 e. The number of anilines is 1. The number of nitrogens with zero attached hydrogens (tertiary/aromatic N) is 5. The molecule has 18 heavy (non-hydrogen) atoms. The molecule has 0 fully saturated rings. The standard InChI is InChI=1S/C11H13N5O2/c1-15(7-9(17)18)11-14-13-10(16(11)2)8-5-3-4-6-12-8/h3-6H,7H2,1-2H3,(H,17,18). The molecule has 0 aliphatic carbocycles. The van der Waals surface area contributed by atoms with E-state index < -0.39 is 5.97 Å². The lowest BCUT2D eigenvalue weighted by Gasteiger charge is -2.14. The van der Waals surface area contributed by atoms with E-state index in [1.54, 1.807) is 24.9 Å². The second-order valence-corrected chi connectivity index (χ2v) is 3.85. The lowest BCUT2D eigenvalue weighted by molar-refractivity contribution is -0.135. The van der Waals surface area contributed by atoms with Crippen LogP contribution >= 0.6 is 0 Å². The molecule has 0 aromatic carbocycles.